The second kappa shape index (κ2) is 10.7. The summed E-state index contributed by atoms with van der Waals surface area (Å²) in [6.45, 7) is 1.79. The van der Waals surface area contributed by atoms with Gasteiger partial charge in [-0.25, -0.2) is 0 Å². The first-order valence-electron chi connectivity index (χ1n) is 6.46. The van der Waals surface area contributed by atoms with Gasteiger partial charge in [0.25, 0.3) is 0 Å². The van der Waals surface area contributed by atoms with E-state index in [1.54, 1.807) is 0 Å². The zero-order chi connectivity index (χ0) is 12.2. The number of aryl methyl sites for hydroxylation is 1. The molecule has 0 fully saturated rings. The molecule has 0 bridgehead atoms. The molecule has 0 unspecified atom stereocenters. The summed E-state index contributed by atoms with van der Waals surface area (Å²) in [4.78, 5) is 4.00. The molecule has 3 heteroatoms. The summed E-state index contributed by atoms with van der Waals surface area (Å²) < 4.78 is 5.61. The van der Waals surface area contributed by atoms with Crippen molar-refractivity contribution in [2.45, 2.75) is 38.5 Å². The molecule has 0 aliphatic carbocycles. The fourth-order valence-corrected chi connectivity index (χ4v) is 2.08. The van der Waals surface area contributed by atoms with E-state index >= 15 is 0 Å². The smallest absolute Gasteiger partial charge is 0.0469 e. The molecule has 17 heavy (non-hydrogen) atoms. The topological polar surface area (TPSA) is 22.1 Å². The van der Waals surface area contributed by atoms with Gasteiger partial charge in [0, 0.05) is 30.9 Å². The number of unbranched alkanes of at least 4 members (excludes halogenated alkanes) is 3. The Morgan fingerprint density at radius 2 is 1.65 bits per heavy atom. The molecule has 0 N–H and O–H groups in total. The predicted molar refractivity (Wildman–Crippen MR) is 75.6 cm³/mol. The highest BCUT2D eigenvalue weighted by Gasteiger charge is 1.93. The van der Waals surface area contributed by atoms with Crippen molar-refractivity contribution < 1.29 is 4.74 Å². The summed E-state index contributed by atoms with van der Waals surface area (Å²) in [6, 6.07) is 4.14. The molecule has 0 aromatic carbocycles. The molecule has 1 aromatic heterocycles. The van der Waals surface area contributed by atoms with Crippen molar-refractivity contribution in [2.24, 2.45) is 0 Å². The van der Waals surface area contributed by atoms with Crippen LogP contribution >= 0.6 is 15.9 Å². The highest BCUT2D eigenvalue weighted by Crippen LogP contribution is 2.03. The van der Waals surface area contributed by atoms with Gasteiger partial charge in [-0.15, -0.1) is 0 Å². The van der Waals surface area contributed by atoms with Crippen LogP contribution in [0.3, 0.4) is 0 Å². The van der Waals surface area contributed by atoms with Crippen LogP contribution in [0.4, 0.5) is 0 Å². The Kier molecular flexibility index (Phi) is 9.24. The van der Waals surface area contributed by atoms with Crippen LogP contribution in [0.5, 0.6) is 0 Å². The number of aromatic nitrogens is 1. The molecule has 0 aliphatic heterocycles. The lowest BCUT2D eigenvalue weighted by Crippen LogP contribution is -1.99. The van der Waals surface area contributed by atoms with Crippen LogP contribution in [-0.4, -0.2) is 23.5 Å². The average Bonchev–Trinajstić information content (AvgIpc) is 2.38. The van der Waals surface area contributed by atoms with Crippen molar-refractivity contribution in [1.29, 1.82) is 0 Å². The van der Waals surface area contributed by atoms with Crippen LogP contribution in [0.25, 0.3) is 0 Å². The van der Waals surface area contributed by atoms with Crippen LogP contribution in [-0.2, 0) is 11.2 Å². The minimum Gasteiger partial charge on any atom is -0.381 e. The van der Waals surface area contributed by atoms with E-state index in [2.05, 4.69) is 33.0 Å². The molecule has 1 aromatic rings. The molecule has 0 amide bonds. The van der Waals surface area contributed by atoms with Gasteiger partial charge >= 0.3 is 0 Å². The lowest BCUT2D eigenvalue weighted by atomic mass is 10.1. The summed E-state index contributed by atoms with van der Waals surface area (Å²) in [5.74, 6) is 0. The standard InChI is InChI=1S/C14H22BrNO/c15-9-3-1-2-4-12-17-13-5-6-14-7-10-16-11-8-14/h7-8,10-11H,1-6,9,12-13H2. The molecule has 0 saturated heterocycles. The number of nitrogens with zero attached hydrogens (tertiary/aromatic N) is 1. The first-order chi connectivity index (χ1) is 8.43. The minimum atomic E-state index is 0.876. The Bertz CT molecular complexity index is 266. The van der Waals surface area contributed by atoms with Crippen molar-refractivity contribution in [1.82, 2.24) is 4.98 Å². The largest absolute Gasteiger partial charge is 0.381 e. The molecule has 0 radical (unpaired) electrons. The first kappa shape index (κ1) is 14.7. The van der Waals surface area contributed by atoms with E-state index in [1.807, 2.05) is 12.4 Å². The van der Waals surface area contributed by atoms with E-state index in [-0.39, 0.29) is 0 Å². The predicted octanol–water partition coefficient (Wildman–Crippen LogP) is 3.99. The Morgan fingerprint density at radius 3 is 2.41 bits per heavy atom. The van der Waals surface area contributed by atoms with Gasteiger partial charge in [-0.3, -0.25) is 4.98 Å². The summed E-state index contributed by atoms with van der Waals surface area (Å²) in [7, 11) is 0. The lowest BCUT2D eigenvalue weighted by molar-refractivity contribution is 0.128. The Hall–Kier alpha value is -0.410. The third kappa shape index (κ3) is 8.33. The van der Waals surface area contributed by atoms with Gasteiger partial charge < -0.3 is 4.74 Å². The van der Waals surface area contributed by atoms with Crippen molar-refractivity contribution >= 4 is 15.9 Å². The molecule has 0 aliphatic rings. The number of halogens is 1. The van der Waals surface area contributed by atoms with Crippen molar-refractivity contribution in [3.63, 3.8) is 0 Å². The Balaban J connectivity index is 1.85. The number of hydrogen-bond acceptors (Lipinski definition) is 2. The monoisotopic (exact) mass is 299 g/mol. The van der Waals surface area contributed by atoms with E-state index < -0.39 is 0 Å². The Morgan fingerprint density at radius 1 is 0.941 bits per heavy atom. The zero-order valence-electron chi connectivity index (χ0n) is 10.4. The van der Waals surface area contributed by atoms with Gasteiger partial charge in [0.15, 0.2) is 0 Å². The second-order valence-electron chi connectivity index (χ2n) is 4.17. The van der Waals surface area contributed by atoms with Crippen molar-refractivity contribution in [2.75, 3.05) is 18.5 Å². The fourth-order valence-electron chi connectivity index (χ4n) is 1.68. The van der Waals surface area contributed by atoms with Gasteiger partial charge in [0.2, 0.25) is 0 Å². The molecule has 1 rings (SSSR count). The molecule has 0 saturated carbocycles. The molecular weight excluding hydrogens is 278 g/mol. The van der Waals surface area contributed by atoms with Crippen molar-refractivity contribution in [3.8, 4) is 0 Å². The number of ether oxygens (including phenoxy) is 1. The van der Waals surface area contributed by atoms with Gasteiger partial charge in [-0.05, 0) is 43.4 Å². The number of alkyl halides is 1. The quantitative estimate of drug-likeness (QED) is 0.481. The van der Waals surface area contributed by atoms with E-state index in [4.69, 9.17) is 4.74 Å². The van der Waals surface area contributed by atoms with Crippen LogP contribution in [0.2, 0.25) is 0 Å². The van der Waals surface area contributed by atoms with E-state index in [1.165, 1.54) is 31.2 Å². The first-order valence-corrected chi connectivity index (χ1v) is 7.58. The SMILES string of the molecule is BrCCCCCCOCCCc1ccncc1. The van der Waals surface area contributed by atoms with Crippen molar-refractivity contribution in [3.05, 3.63) is 30.1 Å². The number of rotatable bonds is 10. The normalized spacial score (nSPS) is 10.6. The average molecular weight is 300 g/mol. The summed E-state index contributed by atoms with van der Waals surface area (Å²) >= 11 is 3.44. The van der Waals surface area contributed by atoms with Crippen LogP contribution in [0, 0.1) is 0 Å². The third-order valence-corrected chi connectivity index (χ3v) is 3.24. The van der Waals surface area contributed by atoms with Crippen LogP contribution in [0.1, 0.15) is 37.7 Å². The van der Waals surface area contributed by atoms with E-state index in [0.29, 0.717) is 0 Å². The maximum absolute atomic E-state index is 5.61. The second-order valence-corrected chi connectivity index (χ2v) is 4.97. The number of pyridine rings is 1. The van der Waals surface area contributed by atoms with E-state index in [0.717, 1.165) is 31.4 Å². The zero-order valence-corrected chi connectivity index (χ0v) is 12.0. The molecule has 2 nitrogen and oxygen atoms in total. The lowest BCUT2D eigenvalue weighted by Gasteiger charge is -2.04. The summed E-state index contributed by atoms with van der Waals surface area (Å²) in [6.07, 6.45) is 11.0. The third-order valence-electron chi connectivity index (χ3n) is 2.68. The highest BCUT2D eigenvalue weighted by molar-refractivity contribution is 9.09. The molecule has 0 spiro atoms. The highest BCUT2D eigenvalue weighted by atomic mass is 79.9. The Labute approximate surface area is 113 Å². The molecular formula is C14H22BrNO. The minimum absolute atomic E-state index is 0.876. The van der Waals surface area contributed by atoms with Gasteiger partial charge in [-0.2, -0.15) is 0 Å². The van der Waals surface area contributed by atoms with E-state index in [9.17, 15) is 0 Å². The van der Waals surface area contributed by atoms with Gasteiger partial charge in [0.1, 0.15) is 0 Å². The fraction of sp³-hybridized carbons (Fsp3) is 0.643. The molecule has 0 atom stereocenters. The maximum atomic E-state index is 5.61. The van der Waals surface area contributed by atoms with Crippen LogP contribution in [0.15, 0.2) is 24.5 Å². The maximum Gasteiger partial charge on any atom is 0.0469 e. The van der Waals surface area contributed by atoms with Gasteiger partial charge in [-0.1, -0.05) is 28.8 Å². The molecule has 96 valence electrons. The summed E-state index contributed by atoms with van der Waals surface area (Å²) in [5.41, 5.74) is 1.35. The molecule has 1 heterocycles. The van der Waals surface area contributed by atoms with Crippen LogP contribution < -0.4 is 0 Å². The summed E-state index contributed by atoms with van der Waals surface area (Å²) in [5, 5.41) is 1.12. The van der Waals surface area contributed by atoms with Gasteiger partial charge in [0.05, 0.1) is 0 Å². The number of hydrogen-bond donors (Lipinski definition) is 0.